The van der Waals surface area contributed by atoms with Crippen LogP contribution in [0.3, 0.4) is 0 Å². The van der Waals surface area contributed by atoms with Crippen molar-refractivity contribution < 1.29 is 14.2 Å². The van der Waals surface area contributed by atoms with Gasteiger partial charge in [0.1, 0.15) is 12.4 Å². The number of aromatic nitrogens is 2. The highest BCUT2D eigenvalue weighted by Crippen LogP contribution is 2.09. The molecule has 8 heteroatoms. The van der Waals surface area contributed by atoms with Crippen molar-refractivity contribution in [3.63, 3.8) is 0 Å². The average Bonchev–Trinajstić information content (AvgIpc) is 2.95. The number of aliphatic hydroxyl groups excluding tert-OH is 1. The topological polar surface area (TPSA) is 98.3 Å². The molecule has 1 unspecified atom stereocenters. The molecule has 0 radical (unpaired) electrons. The van der Waals surface area contributed by atoms with Crippen LogP contribution in [0.15, 0.2) is 36.7 Å². The number of nitrogens with zero attached hydrogens (tertiary/aromatic N) is 3. The Balaban J connectivity index is 1.84. The molecule has 0 aliphatic carbocycles. The van der Waals surface area contributed by atoms with Gasteiger partial charge in [-0.25, -0.2) is 0 Å². The molecule has 1 N–H and O–H groups in total. The van der Waals surface area contributed by atoms with E-state index in [0.29, 0.717) is 18.1 Å². The second-order valence-corrected chi connectivity index (χ2v) is 6.06. The Hall–Kier alpha value is -2.06. The first-order valence-corrected chi connectivity index (χ1v) is 7.78. The molecule has 2 rings (SSSR count). The van der Waals surface area contributed by atoms with E-state index in [1.54, 1.807) is 12.1 Å². The minimum Gasteiger partial charge on any atom is -0.392 e. The second kappa shape index (κ2) is 7.09. The highest BCUT2D eigenvalue weighted by molar-refractivity contribution is 7.84. The van der Waals surface area contributed by atoms with Crippen molar-refractivity contribution in [2.45, 2.75) is 18.9 Å². The highest BCUT2D eigenvalue weighted by atomic mass is 32.2. The number of rotatable bonds is 7. The van der Waals surface area contributed by atoms with Gasteiger partial charge >= 0.3 is 5.69 Å². The molecule has 0 saturated heterocycles. The van der Waals surface area contributed by atoms with Crippen LogP contribution in [0.2, 0.25) is 0 Å². The van der Waals surface area contributed by atoms with Gasteiger partial charge in [0.2, 0.25) is 0 Å². The van der Waals surface area contributed by atoms with E-state index >= 15 is 0 Å². The zero-order chi connectivity index (χ0) is 15.2. The molecule has 0 aliphatic heterocycles. The fourth-order valence-electron chi connectivity index (χ4n) is 1.76. The predicted octanol–water partition coefficient (Wildman–Crippen LogP) is 1.23. The van der Waals surface area contributed by atoms with Crippen molar-refractivity contribution >= 4 is 16.5 Å². The monoisotopic (exact) mass is 309 g/mol. The molecule has 0 amide bonds. The molecule has 0 spiro atoms. The molecular weight excluding hydrogens is 294 g/mol. The molecule has 1 atom stereocenters. The summed E-state index contributed by atoms with van der Waals surface area (Å²) < 4.78 is 13.4. The Bertz CT molecular complexity index is 639. The summed E-state index contributed by atoms with van der Waals surface area (Å²) in [5.41, 5.74) is 1.67. The SMILES string of the molecule is O=[N+]([O-])c1cnn(CCS(=O)Cc2ccc(CO)cc2)c1. The van der Waals surface area contributed by atoms with Gasteiger partial charge in [0.05, 0.1) is 18.1 Å². The Morgan fingerprint density at radius 3 is 2.52 bits per heavy atom. The predicted molar refractivity (Wildman–Crippen MR) is 78.0 cm³/mol. The number of aliphatic hydroxyl groups is 1. The van der Waals surface area contributed by atoms with Gasteiger partial charge < -0.3 is 5.11 Å². The van der Waals surface area contributed by atoms with Crippen LogP contribution in [0, 0.1) is 10.1 Å². The van der Waals surface area contributed by atoms with Crippen LogP contribution >= 0.6 is 0 Å². The zero-order valence-corrected chi connectivity index (χ0v) is 12.0. The van der Waals surface area contributed by atoms with Gasteiger partial charge in [0, 0.05) is 22.3 Å². The highest BCUT2D eigenvalue weighted by Gasteiger charge is 2.09. The fraction of sp³-hybridized carbons (Fsp3) is 0.308. The van der Waals surface area contributed by atoms with Gasteiger partial charge in [0.25, 0.3) is 0 Å². The van der Waals surface area contributed by atoms with E-state index < -0.39 is 15.7 Å². The van der Waals surface area contributed by atoms with E-state index in [-0.39, 0.29) is 12.3 Å². The standard InChI is InChI=1S/C13H15N3O4S/c17-9-11-1-3-12(4-2-11)10-21(20)6-5-15-8-13(7-14-15)16(18)19/h1-4,7-8,17H,5-6,9-10H2. The maximum atomic E-state index is 12.0. The van der Waals surface area contributed by atoms with E-state index in [9.17, 15) is 14.3 Å². The molecule has 2 aromatic rings. The summed E-state index contributed by atoms with van der Waals surface area (Å²) >= 11 is 0. The van der Waals surface area contributed by atoms with Crippen LogP contribution in [0.1, 0.15) is 11.1 Å². The Morgan fingerprint density at radius 1 is 1.29 bits per heavy atom. The number of benzene rings is 1. The van der Waals surface area contributed by atoms with E-state index in [4.69, 9.17) is 5.11 Å². The number of hydrogen-bond donors (Lipinski definition) is 1. The van der Waals surface area contributed by atoms with E-state index in [2.05, 4.69) is 5.10 Å². The minimum absolute atomic E-state index is 0.0125. The Labute approximate surface area is 123 Å². The van der Waals surface area contributed by atoms with E-state index in [1.165, 1.54) is 17.1 Å². The van der Waals surface area contributed by atoms with Gasteiger partial charge in [-0.15, -0.1) is 0 Å². The summed E-state index contributed by atoms with van der Waals surface area (Å²) in [5, 5.41) is 23.3. The Morgan fingerprint density at radius 2 is 1.95 bits per heavy atom. The van der Waals surface area contributed by atoms with Gasteiger partial charge in [-0.1, -0.05) is 24.3 Å². The van der Waals surface area contributed by atoms with Gasteiger partial charge in [0.15, 0.2) is 0 Å². The molecule has 0 fully saturated rings. The van der Waals surface area contributed by atoms with Gasteiger partial charge in [-0.2, -0.15) is 5.10 Å². The summed E-state index contributed by atoms with van der Waals surface area (Å²) in [5.74, 6) is 0.787. The van der Waals surface area contributed by atoms with Crippen LogP contribution in [0.25, 0.3) is 0 Å². The largest absolute Gasteiger partial charge is 0.392 e. The maximum Gasteiger partial charge on any atom is 0.306 e. The molecule has 1 aromatic heterocycles. The van der Waals surface area contributed by atoms with Gasteiger partial charge in [-0.05, 0) is 11.1 Å². The summed E-state index contributed by atoms with van der Waals surface area (Å²) in [6.45, 7) is 0.358. The number of hydrogen-bond acceptors (Lipinski definition) is 5. The molecule has 1 aromatic carbocycles. The van der Waals surface area contributed by atoms with Crippen LogP contribution in [-0.2, 0) is 29.7 Å². The van der Waals surface area contributed by atoms with Crippen molar-refractivity contribution in [3.8, 4) is 0 Å². The van der Waals surface area contributed by atoms with Crippen LogP contribution in [-0.4, -0.2) is 29.8 Å². The van der Waals surface area contributed by atoms with Crippen molar-refractivity contribution in [1.82, 2.24) is 9.78 Å². The lowest BCUT2D eigenvalue weighted by Gasteiger charge is -2.04. The normalized spacial score (nSPS) is 12.2. The van der Waals surface area contributed by atoms with Crippen LogP contribution in [0.5, 0.6) is 0 Å². The molecule has 7 nitrogen and oxygen atoms in total. The summed E-state index contributed by atoms with van der Waals surface area (Å²) in [4.78, 5) is 10.0. The lowest BCUT2D eigenvalue weighted by atomic mass is 10.2. The average molecular weight is 309 g/mol. The van der Waals surface area contributed by atoms with E-state index in [1.807, 2.05) is 12.1 Å². The maximum absolute atomic E-state index is 12.0. The van der Waals surface area contributed by atoms with Crippen molar-refractivity contribution in [2.75, 3.05) is 5.75 Å². The molecule has 21 heavy (non-hydrogen) atoms. The summed E-state index contributed by atoms with van der Waals surface area (Å²) in [7, 11) is -1.07. The molecule has 0 saturated carbocycles. The lowest BCUT2D eigenvalue weighted by Crippen LogP contribution is -2.09. The van der Waals surface area contributed by atoms with Crippen molar-refractivity contribution in [1.29, 1.82) is 0 Å². The lowest BCUT2D eigenvalue weighted by molar-refractivity contribution is -0.385. The van der Waals surface area contributed by atoms with Crippen LogP contribution in [0.4, 0.5) is 5.69 Å². The first-order valence-electron chi connectivity index (χ1n) is 6.29. The quantitative estimate of drug-likeness (QED) is 0.613. The first kappa shape index (κ1) is 15.3. The van der Waals surface area contributed by atoms with Crippen molar-refractivity contribution in [3.05, 3.63) is 57.9 Å². The Kier molecular flexibility index (Phi) is 5.18. The van der Waals surface area contributed by atoms with Gasteiger partial charge in [-0.3, -0.25) is 19.0 Å². The number of aryl methyl sites for hydroxylation is 1. The molecule has 1 heterocycles. The third-order valence-electron chi connectivity index (χ3n) is 2.91. The third-order valence-corrected chi connectivity index (χ3v) is 4.20. The van der Waals surface area contributed by atoms with Crippen molar-refractivity contribution in [2.24, 2.45) is 0 Å². The molecule has 0 bridgehead atoms. The molecule has 112 valence electrons. The minimum atomic E-state index is -1.07. The van der Waals surface area contributed by atoms with E-state index in [0.717, 1.165) is 11.1 Å². The number of nitro groups is 1. The zero-order valence-electron chi connectivity index (χ0n) is 11.2. The second-order valence-electron chi connectivity index (χ2n) is 4.48. The molecular formula is C13H15N3O4S. The fourth-order valence-corrected chi connectivity index (χ4v) is 2.86. The first-order chi connectivity index (χ1) is 10.1. The molecule has 0 aliphatic rings. The van der Waals surface area contributed by atoms with Crippen LogP contribution < -0.4 is 0 Å². The summed E-state index contributed by atoms with van der Waals surface area (Å²) in [6, 6.07) is 7.26. The summed E-state index contributed by atoms with van der Waals surface area (Å²) in [6.07, 6.45) is 2.50. The smallest absolute Gasteiger partial charge is 0.306 e. The third kappa shape index (κ3) is 4.47.